The van der Waals surface area contributed by atoms with Gasteiger partial charge in [-0.15, -0.1) is 0 Å². The molecule has 0 aliphatic rings. The predicted molar refractivity (Wildman–Crippen MR) is 69.5 cm³/mol. The van der Waals surface area contributed by atoms with Crippen LogP contribution < -0.4 is 5.32 Å². The molecule has 106 valence electrons. The smallest absolute Gasteiger partial charge is 0.320 e. The predicted octanol–water partition coefficient (Wildman–Crippen LogP) is 1.08. The fourth-order valence-electron chi connectivity index (χ4n) is 1.83. The number of aliphatic carboxylic acids is 1. The van der Waals surface area contributed by atoms with Crippen LogP contribution in [0.1, 0.15) is 26.0 Å². The zero-order chi connectivity index (χ0) is 14.4. The van der Waals surface area contributed by atoms with E-state index in [9.17, 15) is 9.59 Å². The van der Waals surface area contributed by atoms with Crippen LogP contribution in [0.3, 0.4) is 0 Å². The molecule has 0 aliphatic heterocycles. The second kappa shape index (κ2) is 6.94. The van der Waals surface area contributed by atoms with Gasteiger partial charge in [-0.1, -0.05) is 6.92 Å². The summed E-state index contributed by atoms with van der Waals surface area (Å²) in [7, 11) is 1.64. The Labute approximate surface area is 112 Å². The zero-order valence-corrected chi connectivity index (χ0v) is 11.4. The summed E-state index contributed by atoms with van der Waals surface area (Å²) in [5, 5.41) is 11.8. The van der Waals surface area contributed by atoms with E-state index < -0.39 is 18.1 Å². The zero-order valence-electron chi connectivity index (χ0n) is 11.4. The van der Waals surface area contributed by atoms with E-state index in [0.29, 0.717) is 18.7 Å². The molecule has 2 unspecified atom stereocenters. The molecule has 1 aromatic heterocycles. The number of carbonyl (C=O) groups excluding carboxylic acids is 1. The number of likely N-dealkylation sites (N-methyl/N-ethyl adjacent to an activating group) is 1. The maximum atomic E-state index is 11.9. The van der Waals surface area contributed by atoms with Crippen LogP contribution in [0, 0.1) is 0 Å². The summed E-state index contributed by atoms with van der Waals surface area (Å²) in [4.78, 5) is 24.5. The number of carboxylic acids is 1. The van der Waals surface area contributed by atoms with Gasteiger partial charge in [0.1, 0.15) is 11.8 Å². The molecule has 0 bridgehead atoms. The van der Waals surface area contributed by atoms with Crippen molar-refractivity contribution in [3.05, 3.63) is 24.2 Å². The highest BCUT2D eigenvalue weighted by atomic mass is 16.4. The van der Waals surface area contributed by atoms with Gasteiger partial charge in [0.05, 0.1) is 18.8 Å². The lowest BCUT2D eigenvalue weighted by Gasteiger charge is -2.28. The minimum absolute atomic E-state index is 0.224. The summed E-state index contributed by atoms with van der Waals surface area (Å²) in [5.74, 6) is -0.484. The molecule has 1 rings (SSSR count). The van der Waals surface area contributed by atoms with E-state index in [1.807, 2.05) is 0 Å². The summed E-state index contributed by atoms with van der Waals surface area (Å²) >= 11 is 0. The SMILES string of the molecule is CCC(C(=O)O)N(C)C(C)C(=O)NCc1ccco1. The highest BCUT2D eigenvalue weighted by Crippen LogP contribution is 2.08. The molecule has 1 aromatic rings. The topological polar surface area (TPSA) is 82.8 Å². The van der Waals surface area contributed by atoms with E-state index in [0.717, 1.165) is 0 Å². The van der Waals surface area contributed by atoms with Crippen molar-refractivity contribution in [2.24, 2.45) is 0 Å². The van der Waals surface area contributed by atoms with Gasteiger partial charge in [0.2, 0.25) is 5.91 Å². The number of nitrogens with zero attached hydrogens (tertiary/aromatic N) is 1. The van der Waals surface area contributed by atoms with Crippen molar-refractivity contribution in [2.45, 2.75) is 38.9 Å². The Morgan fingerprint density at radius 3 is 2.68 bits per heavy atom. The third kappa shape index (κ3) is 4.10. The normalized spacial score (nSPS) is 14.1. The number of hydrogen-bond acceptors (Lipinski definition) is 4. The fourth-order valence-corrected chi connectivity index (χ4v) is 1.83. The first kappa shape index (κ1) is 15.2. The Hall–Kier alpha value is -1.82. The second-order valence-corrected chi connectivity index (χ2v) is 4.40. The molecule has 1 heterocycles. The van der Waals surface area contributed by atoms with Gasteiger partial charge in [-0.2, -0.15) is 0 Å². The van der Waals surface area contributed by atoms with E-state index in [1.165, 1.54) is 6.26 Å². The first-order valence-electron chi connectivity index (χ1n) is 6.22. The Balaban J connectivity index is 2.53. The molecular formula is C13H20N2O4. The Kier molecular flexibility index (Phi) is 5.57. The molecule has 0 aliphatic carbocycles. The lowest BCUT2D eigenvalue weighted by Crippen LogP contribution is -2.50. The van der Waals surface area contributed by atoms with Crippen LogP contribution in [0.2, 0.25) is 0 Å². The lowest BCUT2D eigenvalue weighted by molar-refractivity contribution is -0.144. The standard InChI is InChI=1S/C13H20N2O4/c1-4-11(13(17)18)15(3)9(2)12(16)14-8-10-6-5-7-19-10/h5-7,9,11H,4,8H2,1-3H3,(H,14,16)(H,17,18). The van der Waals surface area contributed by atoms with Crippen molar-refractivity contribution in [3.8, 4) is 0 Å². The average molecular weight is 268 g/mol. The van der Waals surface area contributed by atoms with Crippen molar-refractivity contribution in [1.29, 1.82) is 0 Å². The van der Waals surface area contributed by atoms with Crippen molar-refractivity contribution in [2.75, 3.05) is 7.05 Å². The monoisotopic (exact) mass is 268 g/mol. The Morgan fingerprint density at radius 2 is 2.21 bits per heavy atom. The Morgan fingerprint density at radius 1 is 1.53 bits per heavy atom. The van der Waals surface area contributed by atoms with E-state index in [4.69, 9.17) is 9.52 Å². The van der Waals surface area contributed by atoms with Crippen LogP contribution in [0.4, 0.5) is 0 Å². The van der Waals surface area contributed by atoms with Gasteiger partial charge in [-0.3, -0.25) is 14.5 Å². The van der Waals surface area contributed by atoms with E-state index in [2.05, 4.69) is 5.32 Å². The van der Waals surface area contributed by atoms with Crippen LogP contribution in [0.25, 0.3) is 0 Å². The van der Waals surface area contributed by atoms with Gasteiger partial charge in [0.25, 0.3) is 0 Å². The quantitative estimate of drug-likeness (QED) is 0.773. The molecule has 2 N–H and O–H groups in total. The second-order valence-electron chi connectivity index (χ2n) is 4.40. The first-order valence-corrected chi connectivity index (χ1v) is 6.22. The lowest BCUT2D eigenvalue weighted by atomic mass is 10.1. The summed E-state index contributed by atoms with van der Waals surface area (Å²) in [6.45, 7) is 3.76. The van der Waals surface area contributed by atoms with Gasteiger partial charge in [0.15, 0.2) is 0 Å². The fraction of sp³-hybridized carbons (Fsp3) is 0.538. The van der Waals surface area contributed by atoms with E-state index in [1.54, 1.807) is 37.9 Å². The summed E-state index contributed by atoms with van der Waals surface area (Å²) in [6.07, 6.45) is 1.98. The van der Waals surface area contributed by atoms with Gasteiger partial charge in [-0.25, -0.2) is 0 Å². The maximum absolute atomic E-state index is 11.9. The number of amides is 1. The molecule has 0 saturated heterocycles. The van der Waals surface area contributed by atoms with Crippen molar-refractivity contribution in [1.82, 2.24) is 10.2 Å². The number of carbonyl (C=O) groups is 2. The minimum Gasteiger partial charge on any atom is -0.480 e. The number of hydrogen-bond donors (Lipinski definition) is 2. The number of furan rings is 1. The largest absolute Gasteiger partial charge is 0.480 e. The maximum Gasteiger partial charge on any atom is 0.320 e. The van der Waals surface area contributed by atoms with Crippen LogP contribution in [-0.2, 0) is 16.1 Å². The van der Waals surface area contributed by atoms with Gasteiger partial charge < -0.3 is 14.8 Å². The first-order chi connectivity index (χ1) is 8.97. The summed E-state index contributed by atoms with van der Waals surface area (Å²) in [5.41, 5.74) is 0. The van der Waals surface area contributed by atoms with Gasteiger partial charge in [-0.05, 0) is 32.5 Å². The van der Waals surface area contributed by atoms with Crippen LogP contribution in [-0.4, -0.2) is 41.0 Å². The van der Waals surface area contributed by atoms with Crippen molar-refractivity contribution < 1.29 is 19.1 Å². The summed E-state index contributed by atoms with van der Waals surface area (Å²) in [6, 6.07) is 2.33. The minimum atomic E-state index is -0.921. The average Bonchev–Trinajstić information content (AvgIpc) is 2.88. The third-order valence-corrected chi connectivity index (χ3v) is 3.17. The third-order valence-electron chi connectivity index (χ3n) is 3.17. The summed E-state index contributed by atoms with van der Waals surface area (Å²) < 4.78 is 5.11. The van der Waals surface area contributed by atoms with Crippen LogP contribution >= 0.6 is 0 Å². The number of carboxylic acid groups (broad SMARTS) is 1. The molecule has 0 fully saturated rings. The highest BCUT2D eigenvalue weighted by molar-refractivity contribution is 5.82. The molecular weight excluding hydrogens is 248 g/mol. The molecule has 0 spiro atoms. The number of rotatable bonds is 7. The molecule has 6 nitrogen and oxygen atoms in total. The van der Waals surface area contributed by atoms with Gasteiger partial charge in [0, 0.05) is 0 Å². The molecule has 0 radical (unpaired) electrons. The molecule has 19 heavy (non-hydrogen) atoms. The van der Waals surface area contributed by atoms with Crippen molar-refractivity contribution >= 4 is 11.9 Å². The van der Waals surface area contributed by atoms with Crippen molar-refractivity contribution in [3.63, 3.8) is 0 Å². The van der Waals surface area contributed by atoms with E-state index in [-0.39, 0.29) is 5.91 Å². The van der Waals surface area contributed by atoms with Gasteiger partial charge >= 0.3 is 5.97 Å². The van der Waals surface area contributed by atoms with E-state index >= 15 is 0 Å². The number of nitrogens with one attached hydrogen (secondary N) is 1. The van der Waals surface area contributed by atoms with Crippen LogP contribution in [0.15, 0.2) is 22.8 Å². The molecule has 0 saturated carbocycles. The molecule has 1 amide bonds. The van der Waals surface area contributed by atoms with Crippen LogP contribution in [0.5, 0.6) is 0 Å². The molecule has 0 aromatic carbocycles. The Bertz CT molecular complexity index is 416. The molecule has 2 atom stereocenters. The highest BCUT2D eigenvalue weighted by Gasteiger charge is 2.28. The molecule has 6 heteroatoms.